The van der Waals surface area contributed by atoms with Gasteiger partial charge in [0.2, 0.25) is 0 Å². The smallest absolute Gasteiger partial charge is 0.310 e. The van der Waals surface area contributed by atoms with Crippen LogP contribution in [0.3, 0.4) is 0 Å². The lowest BCUT2D eigenvalue weighted by atomic mass is 9.32. The van der Waals surface area contributed by atoms with Gasteiger partial charge in [-0.15, -0.1) is 0 Å². The van der Waals surface area contributed by atoms with Crippen LogP contribution in [0.5, 0.6) is 0 Å². The highest BCUT2D eigenvalue weighted by molar-refractivity contribution is 5.77. The summed E-state index contributed by atoms with van der Waals surface area (Å²) in [5.41, 5.74) is -2.93. The van der Waals surface area contributed by atoms with E-state index in [0.29, 0.717) is 44.9 Å². The van der Waals surface area contributed by atoms with Crippen molar-refractivity contribution in [1.29, 1.82) is 0 Å². The van der Waals surface area contributed by atoms with Crippen LogP contribution in [0, 0.1) is 50.7 Å². The summed E-state index contributed by atoms with van der Waals surface area (Å²) in [5, 5.41) is 56.3. The highest BCUT2D eigenvalue weighted by atomic mass is 16.4. The molecule has 5 aliphatic carbocycles. The van der Waals surface area contributed by atoms with Crippen LogP contribution in [0.4, 0.5) is 0 Å². The molecule has 0 aliphatic heterocycles. The summed E-state index contributed by atoms with van der Waals surface area (Å²) in [4.78, 5) is 12.8. The zero-order valence-corrected chi connectivity index (χ0v) is 23.2. The molecule has 3 unspecified atom stereocenters. The number of rotatable bonds is 1. The van der Waals surface area contributed by atoms with Gasteiger partial charge in [0.25, 0.3) is 0 Å². The fourth-order valence-corrected chi connectivity index (χ4v) is 10.9. The molecular formula is C30H48O6. The maximum atomic E-state index is 12.8. The molecule has 0 radical (unpaired) electrons. The summed E-state index contributed by atoms with van der Waals surface area (Å²) in [6, 6.07) is 0. The molecule has 6 heteroatoms. The second-order valence-electron chi connectivity index (χ2n) is 15.0. The minimum absolute atomic E-state index is 0.0160. The van der Waals surface area contributed by atoms with Crippen molar-refractivity contribution in [3.63, 3.8) is 0 Å². The Balaban J connectivity index is 1.68. The summed E-state index contributed by atoms with van der Waals surface area (Å²) < 4.78 is 0. The van der Waals surface area contributed by atoms with E-state index in [0.717, 1.165) is 5.57 Å². The largest absolute Gasteiger partial charge is 0.481 e. The molecule has 6 nitrogen and oxygen atoms in total. The molecule has 12 atom stereocenters. The number of carboxylic acid groups (broad SMARTS) is 1. The van der Waals surface area contributed by atoms with Gasteiger partial charge >= 0.3 is 5.97 Å². The van der Waals surface area contributed by atoms with Crippen molar-refractivity contribution >= 4 is 5.97 Å². The first-order chi connectivity index (χ1) is 16.4. The Labute approximate surface area is 216 Å². The standard InChI is InChI=1S/C30H48O6/c1-16-10-11-30(24(34)35)13-12-27(5)17(22(30)29(16,7)36)8-9-19-26(4)15-18(31)23(33)25(2,3)20(26)14-21(32)28(19,27)6/h8,16,18-23,31-33,36H,9-15H2,1-7H3,(H,34,35)/t16-,18?,19-,20+,21?,22-,23?,26-,27-,28+,29-,30+/m1/s1. The number of aliphatic hydroxyl groups is 4. The lowest BCUT2D eigenvalue weighted by molar-refractivity contribution is -0.266. The molecule has 4 fully saturated rings. The third kappa shape index (κ3) is 2.85. The number of hydrogen-bond acceptors (Lipinski definition) is 5. The van der Waals surface area contributed by atoms with Gasteiger partial charge in [0.1, 0.15) is 0 Å². The first-order valence-corrected chi connectivity index (χ1v) is 14.1. The monoisotopic (exact) mass is 504 g/mol. The number of fused-ring (bicyclic) bond motifs is 7. The van der Waals surface area contributed by atoms with Crippen LogP contribution in [0.25, 0.3) is 0 Å². The van der Waals surface area contributed by atoms with Gasteiger partial charge in [-0.25, -0.2) is 0 Å². The van der Waals surface area contributed by atoms with Gasteiger partial charge in [0, 0.05) is 11.3 Å². The van der Waals surface area contributed by atoms with Crippen LogP contribution in [0.15, 0.2) is 11.6 Å². The van der Waals surface area contributed by atoms with Crippen LogP contribution >= 0.6 is 0 Å². The molecule has 5 N–H and O–H groups in total. The van der Waals surface area contributed by atoms with E-state index in [-0.39, 0.29) is 23.2 Å². The quantitative estimate of drug-likeness (QED) is 0.343. The second kappa shape index (κ2) is 7.58. The number of carbonyl (C=O) groups is 1. The molecule has 0 spiro atoms. The Morgan fingerprint density at radius 2 is 1.61 bits per heavy atom. The normalized spacial score (nSPS) is 58.0. The molecule has 204 valence electrons. The van der Waals surface area contributed by atoms with Gasteiger partial charge in [-0.05, 0) is 85.9 Å². The molecule has 5 rings (SSSR count). The number of hydrogen-bond donors (Lipinski definition) is 5. The van der Waals surface area contributed by atoms with Crippen molar-refractivity contribution in [2.45, 2.75) is 117 Å². The Hall–Kier alpha value is -0.950. The molecule has 0 aromatic heterocycles. The van der Waals surface area contributed by atoms with E-state index in [1.807, 2.05) is 27.7 Å². The van der Waals surface area contributed by atoms with Crippen molar-refractivity contribution in [2.75, 3.05) is 0 Å². The van der Waals surface area contributed by atoms with Crippen molar-refractivity contribution in [3.05, 3.63) is 11.6 Å². The van der Waals surface area contributed by atoms with E-state index in [9.17, 15) is 30.3 Å². The van der Waals surface area contributed by atoms with Crippen molar-refractivity contribution < 1.29 is 30.3 Å². The zero-order chi connectivity index (χ0) is 26.9. The third-order valence-electron chi connectivity index (χ3n) is 13.5. The Morgan fingerprint density at radius 3 is 2.22 bits per heavy atom. The first kappa shape index (κ1) is 26.6. The van der Waals surface area contributed by atoms with Crippen molar-refractivity contribution in [3.8, 4) is 0 Å². The van der Waals surface area contributed by atoms with E-state index in [1.54, 1.807) is 0 Å². The fourth-order valence-electron chi connectivity index (χ4n) is 10.9. The summed E-state index contributed by atoms with van der Waals surface area (Å²) in [5.74, 6) is -1.20. The Morgan fingerprint density at radius 1 is 0.972 bits per heavy atom. The van der Waals surface area contributed by atoms with Gasteiger partial charge in [-0.1, -0.05) is 53.2 Å². The summed E-state index contributed by atoms with van der Waals surface area (Å²) >= 11 is 0. The highest BCUT2D eigenvalue weighted by Gasteiger charge is 2.73. The minimum Gasteiger partial charge on any atom is -0.481 e. The van der Waals surface area contributed by atoms with Gasteiger partial charge in [-0.3, -0.25) is 4.79 Å². The molecule has 0 saturated heterocycles. The zero-order valence-electron chi connectivity index (χ0n) is 23.2. The molecular weight excluding hydrogens is 456 g/mol. The molecule has 0 aromatic carbocycles. The number of carboxylic acids is 1. The SMILES string of the molecule is C[C@@H]1CC[C@]2(C(=O)O)CC[C@]3(C)C(=CC[C@@H]4[C@@]5(C)CC(O)C(O)C(C)(C)[C@@H]5CC(O)[C@]43C)[C@@H]2[C@]1(C)O. The molecule has 4 saturated carbocycles. The summed E-state index contributed by atoms with van der Waals surface area (Å²) in [6.07, 6.45) is 4.08. The van der Waals surface area contributed by atoms with Crippen LogP contribution in [0.2, 0.25) is 0 Å². The fraction of sp³-hybridized carbons (Fsp3) is 0.900. The average Bonchev–Trinajstić information content (AvgIpc) is 2.77. The van der Waals surface area contributed by atoms with Crippen LogP contribution in [0.1, 0.15) is 93.4 Å². The first-order valence-electron chi connectivity index (χ1n) is 14.1. The second-order valence-corrected chi connectivity index (χ2v) is 15.0. The van der Waals surface area contributed by atoms with Gasteiger partial charge in [-0.2, -0.15) is 0 Å². The predicted octanol–water partition coefficient (Wildman–Crippen LogP) is 4.15. The molecule has 0 amide bonds. The molecule has 5 aliphatic rings. The van der Waals surface area contributed by atoms with E-state index < -0.39 is 57.5 Å². The maximum absolute atomic E-state index is 12.8. The highest BCUT2D eigenvalue weighted by Crippen LogP contribution is 2.76. The lowest BCUT2D eigenvalue weighted by Gasteiger charge is -2.73. The third-order valence-corrected chi connectivity index (χ3v) is 13.5. The van der Waals surface area contributed by atoms with E-state index in [4.69, 9.17) is 0 Å². The van der Waals surface area contributed by atoms with E-state index in [2.05, 4.69) is 26.8 Å². The summed E-state index contributed by atoms with van der Waals surface area (Å²) in [6.45, 7) is 14.5. The van der Waals surface area contributed by atoms with Gasteiger partial charge in [0.15, 0.2) is 0 Å². The molecule has 0 bridgehead atoms. The van der Waals surface area contributed by atoms with E-state index >= 15 is 0 Å². The Bertz CT molecular complexity index is 986. The maximum Gasteiger partial charge on any atom is 0.310 e. The van der Waals surface area contributed by atoms with Crippen molar-refractivity contribution in [1.82, 2.24) is 0 Å². The van der Waals surface area contributed by atoms with Crippen LogP contribution < -0.4 is 0 Å². The van der Waals surface area contributed by atoms with Crippen LogP contribution in [-0.4, -0.2) is 55.4 Å². The number of aliphatic hydroxyl groups excluding tert-OH is 3. The molecule has 36 heavy (non-hydrogen) atoms. The van der Waals surface area contributed by atoms with Gasteiger partial charge in [0.05, 0.1) is 29.3 Å². The molecule has 0 aromatic rings. The minimum atomic E-state index is -1.15. The lowest BCUT2D eigenvalue weighted by Crippen LogP contribution is -2.71. The number of allylic oxidation sites excluding steroid dienone is 1. The Kier molecular flexibility index (Phi) is 5.61. The topological polar surface area (TPSA) is 118 Å². The summed E-state index contributed by atoms with van der Waals surface area (Å²) in [7, 11) is 0. The predicted molar refractivity (Wildman–Crippen MR) is 137 cm³/mol. The average molecular weight is 505 g/mol. The van der Waals surface area contributed by atoms with E-state index in [1.165, 1.54) is 0 Å². The van der Waals surface area contributed by atoms with Crippen LogP contribution in [-0.2, 0) is 4.79 Å². The van der Waals surface area contributed by atoms with Gasteiger partial charge < -0.3 is 25.5 Å². The van der Waals surface area contributed by atoms with Crippen molar-refractivity contribution in [2.24, 2.45) is 50.7 Å². The number of aliphatic carboxylic acids is 1. The molecule has 0 heterocycles.